The van der Waals surface area contributed by atoms with Crippen LogP contribution in [0.25, 0.3) is 10.1 Å². The fourth-order valence-electron chi connectivity index (χ4n) is 1.25. The van der Waals surface area contributed by atoms with E-state index in [1.807, 2.05) is 25.1 Å². The molecule has 0 aliphatic heterocycles. The minimum absolute atomic E-state index is 0.140. The number of rotatable bonds is 0. The Labute approximate surface area is 82.2 Å². The van der Waals surface area contributed by atoms with E-state index in [-0.39, 0.29) is 5.13 Å². The minimum Gasteiger partial charge on any atom is -0.194 e. The average Bonchev–Trinajstić information content (AvgIpc) is 2.29. The van der Waals surface area contributed by atoms with Gasteiger partial charge < -0.3 is 0 Å². The van der Waals surface area contributed by atoms with Gasteiger partial charge in [-0.15, -0.1) is 11.3 Å². The molecule has 0 saturated heterocycles. The summed E-state index contributed by atoms with van der Waals surface area (Å²) in [5.41, 5.74) is 1.11. The van der Waals surface area contributed by atoms with E-state index in [0.717, 1.165) is 15.6 Å². The zero-order valence-corrected chi connectivity index (χ0v) is 8.80. The summed E-state index contributed by atoms with van der Waals surface area (Å²) in [5.74, 6) is 0. The number of halogens is 2. The lowest BCUT2D eigenvalue weighted by atomic mass is 10.2. The number of fused-ring (bicyclic) bond motifs is 1. The zero-order chi connectivity index (χ0) is 8.72. The maximum absolute atomic E-state index is 13.1. The van der Waals surface area contributed by atoms with E-state index < -0.39 is 0 Å². The Morgan fingerprint density at radius 3 is 2.83 bits per heavy atom. The lowest BCUT2D eigenvalue weighted by Crippen LogP contribution is -1.72. The zero-order valence-electron chi connectivity index (χ0n) is 6.40. The Kier molecular flexibility index (Phi) is 1.93. The summed E-state index contributed by atoms with van der Waals surface area (Å²) in [5, 5.41) is 0.860. The molecule has 0 amide bonds. The highest BCUT2D eigenvalue weighted by atomic mass is 79.9. The van der Waals surface area contributed by atoms with Crippen LogP contribution in [-0.2, 0) is 0 Å². The molecule has 0 nitrogen and oxygen atoms in total. The maximum Gasteiger partial charge on any atom is 0.191 e. The summed E-state index contributed by atoms with van der Waals surface area (Å²) < 4.78 is 14.7. The van der Waals surface area contributed by atoms with E-state index in [1.165, 1.54) is 11.3 Å². The van der Waals surface area contributed by atoms with E-state index in [9.17, 15) is 4.39 Å². The molecule has 1 aromatic heterocycles. The largest absolute Gasteiger partial charge is 0.194 e. The summed E-state index contributed by atoms with van der Waals surface area (Å²) in [7, 11) is 0. The first kappa shape index (κ1) is 8.20. The van der Waals surface area contributed by atoms with Crippen molar-refractivity contribution in [3.63, 3.8) is 0 Å². The first-order valence-electron chi connectivity index (χ1n) is 3.53. The van der Waals surface area contributed by atoms with E-state index in [4.69, 9.17) is 0 Å². The van der Waals surface area contributed by atoms with E-state index in [0.29, 0.717) is 4.47 Å². The fourth-order valence-corrected chi connectivity index (χ4v) is 3.04. The monoisotopic (exact) mass is 244 g/mol. The molecule has 0 saturated carbocycles. The summed E-state index contributed by atoms with van der Waals surface area (Å²) in [4.78, 5) is 0. The van der Waals surface area contributed by atoms with Crippen molar-refractivity contribution in [1.29, 1.82) is 0 Å². The third-order valence-electron chi connectivity index (χ3n) is 1.83. The van der Waals surface area contributed by atoms with Gasteiger partial charge in [-0.2, -0.15) is 4.39 Å². The van der Waals surface area contributed by atoms with Crippen molar-refractivity contribution < 1.29 is 4.39 Å². The van der Waals surface area contributed by atoms with Gasteiger partial charge >= 0.3 is 0 Å². The molecular formula is C9H6BrFS. The van der Waals surface area contributed by atoms with Crippen LogP contribution in [0.3, 0.4) is 0 Å². The van der Waals surface area contributed by atoms with Crippen LogP contribution in [0.15, 0.2) is 22.7 Å². The summed E-state index contributed by atoms with van der Waals surface area (Å²) in [6.45, 7) is 1.99. The molecule has 62 valence electrons. The molecule has 0 atom stereocenters. The molecule has 12 heavy (non-hydrogen) atoms. The summed E-state index contributed by atoms with van der Waals surface area (Å²) >= 11 is 4.42. The fraction of sp³-hybridized carbons (Fsp3) is 0.111. The van der Waals surface area contributed by atoms with Crippen LogP contribution in [0, 0.1) is 12.1 Å². The van der Waals surface area contributed by atoms with Gasteiger partial charge in [0.1, 0.15) is 0 Å². The molecule has 0 aliphatic carbocycles. The van der Waals surface area contributed by atoms with E-state index in [1.54, 1.807) is 0 Å². The second kappa shape index (κ2) is 2.82. The third-order valence-corrected chi connectivity index (χ3v) is 3.78. The number of thiophene rings is 1. The van der Waals surface area contributed by atoms with Crippen molar-refractivity contribution in [3.8, 4) is 0 Å². The topological polar surface area (TPSA) is 0 Å². The molecule has 0 radical (unpaired) electrons. The molecule has 0 N–H and O–H groups in total. The van der Waals surface area contributed by atoms with E-state index >= 15 is 0 Å². The van der Waals surface area contributed by atoms with E-state index in [2.05, 4.69) is 15.9 Å². The summed E-state index contributed by atoms with van der Waals surface area (Å²) in [6.07, 6.45) is 0. The van der Waals surface area contributed by atoms with Crippen LogP contribution in [-0.4, -0.2) is 0 Å². The first-order valence-corrected chi connectivity index (χ1v) is 5.14. The van der Waals surface area contributed by atoms with Gasteiger partial charge in [-0.1, -0.05) is 12.1 Å². The Balaban J connectivity index is 2.97. The Morgan fingerprint density at radius 1 is 1.42 bits per heavy atom. The Bertz CT molecular complexity index is 433. The molecule has 1 aromatic carbocycles. The lowest BCUT2D eigenvalue weighted by molar-refractivity contribution is 0.652. The van der Waals surface area contributed by atoms with Gasteiger partial charge in [-0.3, -0.25) is 0 Å². The van der Waals surface area contributed by atoms with Crippen LogP contribution in [0.1, 0.15) is 5.56 Å². The number of hydrogen-bond acceptors (Lipinski definition) is 1. The van der Waals surface area contributed by atoms with Gasteiger partial charge in [-0.25, -0.2) is 0 Å². The van der Waals surface area contributed by atoms with Crippen molar-refractivity contribution in [3.05, 3.63) is 33.4 Å². The molecular weight excluding hydrogens is 239 g/mol. The SMILES string of the molecule is Cc1cccc2sc(F)c(Br)c12. The molecule has 3 heteroatoms. The quantitative estimate of drug-likeness (QED) is 0.655. The van der Waals surface area contributed by atoms with Gasteiger partial charge in [0.25, 0.3) is 0 Å². The summed E-state index contributed by atoms with van der Waals surface area (Å²) in [6, 6.07) is 5.86. The highest BCUT2D eigenvalue weighted by Gasteiger charge is 2.10. The molecule has 0 fully saturated rings. The van der Waals surface area contributed by atoms with Crippen molar-refractivity contribution in [2.45, 2.75) is 6.92 Å². The van der Waals surface area contributed by atoms with Crippen LogP contribution < -0.4 is 0 Å². The third kappa shape index (κ3) is 1.08. The van der Waals surface area contributed by atoms with Crippen molar-refractivity contribution in [2.24, 2.45) is 0 Å². The minimum atomic E-state index is -0.140. The molecule has 2 rings (SSSR count). The second-order valence-corrected chi connectivity index (χ2v) is 4.43. The molecule has 2 aromatic rings. The highest BCUT2D eigenvalue weighted by Crippen LogP contribution is 2.35. The number of hydrogen-bond donors (Lipinski definition) is 0. The van der Waals surface area contributed by atoms with Gasteiger partial charge in [0.2, 0.25) is 0 Å². The van der Waals surface area contributed by atoms with Crippen molar-refractivity contribution >= 4 is 37.4 Å². The van der Waals surface area contributed by atoms with Crippen molar-refractivity contribution in [1.82, 2.24) is 0 Å². The van der Waals surface area contributed by atoms with Gasteiger partial charge in [0.15, 0.2) is 5.13 Å². The predicted molar refractivity (Wildman–Crippen MR) is 54.2 cm³/mol. The second-order valence-electron chi connectivity index (χ2n) is 2.64. The Morgan fingerprint density at radius 2 is 2.17 bits per heavy atom. The van der Waals surface area contributed by atoms with Gasteiger partial charge in [0, 0.05) is 10.1 Å². The number of benzene rings is 1. The Hall–Kier alpha value is -0.410. The van der Waals surface area contributed by atoms with Gasteiger partial charge in [-0.05, 0) is 34.5 Å². The standard InChI is InChI=1S/C9H6BrFS/c1-5-3-2-4-6-7(5)8(10)9(11)12-6/h2-4H,1H3. The van der Waals surface area contributed by atoms with Gasteiger partial charge in [0.05, 0.1) is 4.47 Å². The molecule has 0 spiro atoms. The smallest absolute Gasteiger partial charge is 0.191 e. The highest BCUT2D eigenvalue weighted by molar-refractivity contribution is 9.10. The van der Waals surface area contributed by atoms with Crippen LogP contribution in [0.2, 0.25) is 0 Å². The molecule has 0 bridgehead atoms. The average molecular weight is 245 g/mol. The first-order chi connectivity index (χ1) is 5.70. The number of aryl methyl sites for hydroxylation is 1. The predicted octanol–water partition coefficient (Wildman–Crippen LogP) is 4.11. The molecule has 0 aliphatic rings. The van der Waals surface area contributed by atoms with Crippen LogP contribution in [0.4, 0.5) is 4.39 Å². The molecule has 0 unspecified atom stereocenters. The van der Waals surface area contributed by atoms with Crippen LogP contribution >= 0.6 is 27.3 Å². The normalized spacial score (nSPS) is 10.9. The lowest BCUT2D eigenvalue weighted by Gasteiger charge is -1.94. The maximum atomic E-state index is 13.1. The van der Waals surface area contributed by atoms with Crippen LogP contribution in [0.5, 0.6) is 0 Å². The molecule has 1 heterocycles. The van der Waals surface area contributed by atoms with Crippen molar-refractivity contribution in [2.75, 3.05) is 0 Å².